The summed E-state index contributed by atoms with van der Waals surface area (Å²) in [6.45, 7) is 2.44. The zero-order chi connectivity index (χ0) is 13.0. The molecule has 0 aromatic carbocycles. The van der Waals surface area contributed by atoms with E-state index in [2.05, 4.69) is 20.7 Å². The number of carboxylic acid groups (broad SMARTS) is 1. The van der Waals surface area contributed by atoms with Gasteiger partial charge in [0.2, 0.25) is 0 Å². The molecular weight excluding hydrogens is 250 g/mol. The first-order chi connectivity index (χ1) is 8.68. The number of nitrogens with zero attached hydrogens (tertiary/aromatic N) is 2. The maximum absolute atomic E-state index is 11.0. The molecule has 0 saturated carbocycles. The summed E-state index contributed by atoms with van der Waals surface area (Å²) < 4.78 is 0. The molecule has 5 nitrogen and oxygen atoms in total. The second kappa shape index (κ2) is 5.70. The zero-order valence-corrected chi connectivity index (χ0v) is 10.6. The standard InChI is InChI=1S/C12H13N3O2S/c1-8(9-2-3-18-6-9)14-5-11-10(12(16)17)4-13-7-15-11/h2-4,6-8,14H,5H2,1H3,(H,16,17). The molecule has 0 aliphatic carbocycles. The van der Waals surface area contributed by atoms with Gasteiger partial charge in [0.25, 0.3) is 0 Å². The highest BCUT2D eigenvalue weighted by Crippen LogP contribution is 2.16. The molecule has 0 fully saturated rings. The van der Waals surface area contributed by atoms with Crippen LogP contribution in [0, 0.1) is 0 Å². The molecule has 2 rings (SSSR count). The van der Waals surface area contributed by atoms with Gasteiger partial charge in [-0.2, -0.15) is 11.3 Å². The second-order valence-corrected chi connectivity index (χ2v) is 4.63. The summed E-state index contributed by atoms with van der Waals surface area (Å²) in [5, 5.41) is 16.3. The first-order valence-corrected chi connectivity index (χ1v) is 6.40. The van der Waals surface area contributed by atoms with E-state index in [1.807, 2.05) is 18.4 Å². The van der Waals surface area contributed by atoms with Crippen molar-refractivity contribution in [1.82, 2.24) is 15.3 Å². The summed E-state index contributed by atoms with van der Waals surface area (Å²) in [6.07, 6.45) is 2.68. The number of rotatable bonds is 5. The predicted octanol–water partition coefficient (Wildman–Crippen LogP) is 2.09. The van der Waals surface area contributed by atoms with Crippen molar-refractivity contribution in [2.75, 3.05) is 0 Å². The van der Waals surface area contributed by atoms with Gasteiger partial charge in [0.05, 0.1) is 5.69 Å². The van der Waals surface area contributed by atoms with E-state index in [1.54, 1.807) is 11.3 Å². The van der Waals surface area contributed by atoms with Crippen LogP contribution in [0.25, 0.3) is 0 Å². The van der Waals surface area contributed by atoms with Crippen molar-refractivity contribution in [3.05, 3.63) is 46.2 Å². The number of carbonyl (C=O) groups is 1. The van der Waals surface area contributed by atoms with Crippen molar-refractivity contribution in [3.8, 4) is 0 Å². The summed E-state index contributed by atoms with van der Waals surface area (Å²) in [6, 6.07) is 2.20. The molecular formula is C12H13N3O2S. The molecule has 1 atom stereocenters. The molecule has 2 aromatic heterocycles. The topological polar surface area (TPSA) is 75.1 Å². The highest BCUT2D eigenvalue weighted by molar-refractivity contribution is 7.07. The molecule has 6 heteroatoms. The van der Waals surface area contributed by atoms with Gasteiger partial charge in [0.1, 0.15) is 11.9 Å². The Morgan fingerprint density at radius 3 is 3.11 bits per heavy atom. The molecule has 0 spiro atoms. The number of carboxylic acids is 1. The molecule has 0 radical (unpaired) electrons. The first-order valence-electron chi connectivity index (χ1n) is 5.46. The van der Waals surface area contributed by atoms with Crippen LogP contribution in [0.3, 0.4) is 0 Å². The minimum absolute atomic E-state index is 0.141. The van der Waals surface area contributed by atoms with Crippen LogP contribution in [-0.4, -0.2) is 21.0 Å². The van der Waals surface area contributed by atoms with Gasteiger partial charge in [-0.3, -0.25) is 0 Å². The van der Waals surface area contributed by atoms with Crippen LogP contribution in [-0.2, 0) is 6.54 Å². The molecule has 0 amide bonds. The summed E-state index contributed by atoms with van der Waals surface area (Å²) in [5.41, 5.74) is 1.83. The minimum atomic E-state index is -1.00. The van der Waals surface area contributed by atoms with Crippen LogP contribution >= 0.6 is 11.3 Å². The van der Waals surface area contributed by atoms with Crippen molar-refractivity contribution in [3.63, 3.8) is 0 Å². The summed E-state index contributed by atoms with van der Waals surface area (Å²) in [4.78, 5) is 18.7. The first kappa shape index (κ1) is 12.7. The van der Waals surface area contributed by atoms with Crippen molar-refractivity contribution in [2.24, 2.45) is 0 Å². The normalized spacial score (nSPS) is 12.3. The van der Waals surface area contributed by atoms with Gasteiger partial charge in [0.15, 0.2) is 0 Å². The van der Waals surface area contributed by atoms with Crippen molar-refractivity contribution >= 4 is 17.3 Å². The molecule has 1 unspecified atom stereocenters. The van der Waals surface area contributed by atoms with Gasteiger partial charge >= 0.3 is 5.97 Å². The molecule has 2 N–H and O–H groups in total. The predicted molar refractivity (Wildman–Crippen MR) is 68.6 cm³/mol. The van der Waals surface area contributed by atoms with Gasteiger partial charge in [-0.1, -0.05) is 0 Å². The smallest absolute Gasteiger partial charge is 0.339 e. The summed E-state index contributed by atoms with van der Waals surface area (Å²) >= 11 is 1.64. The van der Waals surface area contributed by atoms with Crippen LogP contribution in [0.15, 0.2) is 29.4 Å². The van der Waals surface area contributed by atoms with E-state index in [-0.39, 0.29) is 11.6 Å². The zero-order valence-electron chi connectivity index (χ0n) is 9.83. The third-order valence-electron chi connectivity index (χ3n) is 2.64. The van der Waals surface area contributed by atoms with E-state index in [9.17, 15) is 4.79 Å². The van der Waals surface area contributed by atoms with Gasteiger partial charge in [0, 0.05) is 18.8 Å². The third-order valence-corrected chi connectivity index (χ3v) is 3.35. The van der Waals surface area contributed by atoms with Crippen molar-refractivity contribution < 1.29 is 9.90 Å². The van der Waals surface area contributed by atoms with Gasteiger partial charge < -0.3 is 10.4 Å². The molecule has 2 aromatic rings. The molecule has 94 valence electrons. The monoisotopic (exact) mass is 263 g/mol. The largest absolute Gasteiger partial charge is 0.478 e. The number of thiophene rings is 1. The third kappa shape index (κ3) is 2.91. The fraction of sp³-hybridized carbons (Fsp3) is 0.250. The van der Waals surface area contributed by atoms with E-state index >= 15 is 0 Å². The number of aromatic nitrogens is 2. The Labute approximate surface area is 109 Å². The van der Waals surface area contributed by atoms with Crippen LogP contribution in [0.4, 0.5) is 0 Å². The highest BCUT2D eigenvalue weighted by atomic mass is 32.1. The Kier molecular flexibility index (Phi) is 4.01. The molecule has 0 bridgehead atoms. The quantitative estimate of drug-likeness (QED) is 0.864. The Morgan fingerprint density at radius 1 is 1.61 bits per heavy atom. The van der Waals surface area contributed by atoms with Gasteiger partial charge in [-0.25, -0.2) is 14.8 Å². The Morgan fingerprint density at radius 2 is 2.44 bits per heavy atom. The fourth-order valence-corrected chi connectivity index (χ4v) is 2.32. The van der Waals surface area contributed by atoms with E-state index in [0.29, 0.717) is 12.2 Å². The van der Waals surface area contributed by atoms with Gasteiger partial charge in [-0.05, 0) is 29.3 Å². The van der Waals surface area contributed by atoms with E-state index in [0.717, 1.165) is 0 Å². The lowest BCUT2D eigenvalue weighted by atomic mass is 10.1. The van der Waals surface area contributed by atoms with E-state index in [4.69, 9.17) is 5.11 Å². The molecule has 0 aliphatic heterocycles. The summed E-state index contributed by atoms with van der Waals surface area (Å²) in [7, 11) is 0. The van der Waals surface area contributed by atoms with Crippen LogP contribution in [0.5, 0.6) is 0 Å². The number of hydrogen-bond acceptors (Lipinski definition) is 5. The number of hydrogen-bond donors (Lipinski definition) is 2. The van der Waals surface area contributed by atoms with Crippen molar-refractivity contribution in [1.29, 1.82) is 0 Å². The average Bonchev–Trinajstić information content (AvgIpc) is 2.90. The molecule has 2 heterocycles. The second-order valence-electron chi connectivity index (χ2n) is 3.85. The maximum atomic E-state index is 11.0. The van der Waals surface area contributed by atoms with Crippen molar-refractivity contribution in [2.45, 2.75) is 19.5 Å². The lowest BCUT2D eigenvalue weighted by Crippen LogP contribution is -2.20. The number of aromatic carboxylic acids is 1. The van der Waals surface area contributed by atoms with E-state index < -0.39 is 5.97 Å². The lowest BCUT2D eigenvalue weighted by Gasteiger charge is -2.12. The molecule has 0 saturated heterocycles. The van der Waals surface area contributed by atoms with Gasteiger partial charge in [-0.15, -0.1) is 0 Å². The SMILES string of the molecule is CC(NCc1ncncc1C(=O)O)c1ccsc1. The fourth-order valence-electron chi connectivity index (χ4n) is 1.56. The molecule has 0 aliphatic rings. The minimum Gasteiger partial charge on any atom is -0.478 e. The summed E-state index contributed by atoms with van der Waals surface area (Å²) in [5.74, 6) is -1.00. The Bertz CT molecular complexity index is 528. The Hall–Kier alpha value is -1.79. The van der Waals surface area contributed by atoms with E-state index in [1.165, 1.54) is 18.1 Å². The highest BCUT2D eigenvalue weighted by Gasteiger charge is 2.12. The van der Waals surface area contributed by atoms with Crippen LogP contribution in [0.1, 0.15) is 34.6 Å². The lowest BCUT2D eigenvalue weighted by molar-refractivity contribution is 0.0694. The number of nitrogens with one attached hydrogen (secondary N) is 1. The van der Waals surface area contributed by atoms with Crippen LogP contribution < -0.4 is 5.32 Å². The Balaban J connectivity index is 2.04. The molecule has 18 heavy (non-hydrogen) atoms. The maximum Gasteiger partial charge on any atom is 0.339 e. The average molecular weight is 263 g/mol. The van der Waals surface area contributed by atoms with Crippen LogP contribution in [0.2, 0.25) is 0 Å².